The van der Waals surface area contributed by atoms with Crippen molar-refractivity contribution in [1.29, 1.82) is 0 Å². The van der Waals surface area contributed by atoms with E-state index in [-0.39, 0.29) is 5.91 Å². The largest absolute Gasteiger partial charge is 0.348 e. The van der Waals surface area contributed by atoms with Gasteiger partial charge in [0.05, 0.1) is 5.52 Å². The quantitative estimate of drug-likeness (QED) is 0.559. The number of para-hydroxylation sites is 1. The number of hydrogen-bond acceptors (Lipinski definition) is 3. The lowest BCUT2D eigenvalue weighted by atomic mass is 10.1. The van der Waals surface area contributed by atoms with Gasteiger partial charge in [-0.15, -0.1) is 11.8 Å². The molecule has 1 amide bonds. The van der Waals surface area contributed by atoms with Gasteiger partial charge in [-0.3, -0.25) is 9.78 Å². The van der Waals surface area contributed by atoms with Crippen molar-refractivity contribution in [2.45, 2.75) is 11.4 Å². The van der Waals surface area contributed by atoms with Gasteiger partial charge in [0.25, 0.3) is 0 Å². The number of rotatable bonds is 5. The van der Waals surface area contributed by atoms with Crippen LogP contribution in [0.2, 0.25) is 0 Å². The van der Waals surface area contributed by atoms with Crippen LogP contribution in [0.1, 0.15) is 11.1 Å². The minimum atomic E-state index is -0.114. The van der Waals surface area contributed by atoms with Gasteiger partial charge in [-0.2, -0.15) is 0 Å². The second-order valence-electron chi connectivity index (χ2n) is 5.32. The Bertz CT molecular complexity index is 867. The molecule has 0 fully saturated rings. The Morgan fingerprint density at radius 1 is 1.12 bits per heavy atom. The molecule has 1 N–H and O–H groups in total. The van der Waals surface area contributed by atoms with E-state index in [4.69, 9.17) is 0 Å². The molecule has 0 spiro atoms. The zero-order valence-electron chi connectivity index (χ0n) is 13.4. The summed E-state index contributed by atoms with van der Waals surface area (Å²) in [5.74, 6) is -0.114. The van der Waals surface area contributed by atoms with E-state index < -0.39 is 0 Å². The molecule has 3 rings (SSSR count). The first-order valence-corrected chi connectivity index (χ1v) is 8.91. The summed E-state index contributed by atoms with van der Waals surface area (Å²) >= 11 is 1.70. The molecule has 4 heteroatoms. The Morgan fingerprint density at radius 2 is 1.92 bits per heavy atom. The van der Waals surface area contributed by atoms with Crippen molar-refractivity contribution in [3.8, 4) is 0 Å². The average molecular weight is 334 g/mol. The maximum atomic E-state index is 12.0. The Labute approximate surface area is 145 Å². The number of aromatic nitrogens is 1. The van der Waals surface area contributed by atoms with Gasteiger partial charge < -0.3 is 5.32 Å². The molecule has 120 valence electrons. The molecule has 0 bridgehead atoms. The van der Waals surface area contributed by atoms with Crippen LogP contribution in [0.5, 0.6) is 0 Å². The van der Waals surface area contributed by atoms with E-state index in [0.29, 0.717) is 6.54 Å². The number of fused-ring (bicyclic) bond motifs is 1. The number of nitrogens with one attached hydrogen (secondary N) is 1. The molecule has 3 nitrogen and oxygen atoms in total. The molecular formula is C20H18N2OS. The second-order valence-corrected chi connectivity index (χ2v) is 6.20. The van der Waals surface area contributed by atoms with Crippen molar-refractivity contribution in [3.05, 3.63) is 78.0 Å². The van der Waals surface area contributed by atoms with Gasteiger partial charge in [-0.25, -0.2) is 0 Å². The summed E-state index contributed by atoms with van der Waals surface area (Å²) < 4.78 is 0. The Kier molecular flexibility index (Phi) is 5.29. The first-order chi connectivity index (χ1) is 11.8. The summed E-state index contributed by atoms with van der Waals surface area (Å²) in [5.41, 5.74) is 2.95. The topological polar surface area (TPSA) is 42.0 Å². The normalized spacial score (nSPS) is 11.0. The van der Waals surface area contributed by atoms with Crippen LogP contribution in [0.25, 0.3) is 17.0 Å². The summed E-state index contributed by atoms with van der Waals surface area (Å²) in [4.78, 5) is 17.6. The third-order valence-electron chi connectivity index (χ3n) is 3.71. The van der Waals surface area contributed by atoms with Crippen molar-refractivity contribution in [2.24, 2.45) is 0 Å². The number of pyridine rings is 1. The van der Waals surface area contributed by atoms with Crippen LogP contribution in [-0.4, -0.2) is 17.1 Å². The van der Waals surface area contributed by atoms with E-state index >= 15 is 0 Å². The van der Waals surface area contributed by atoms with Crippen molar-refractivity contribution in [2.75, 3.05) is 6.26 Å². The van der Waals surface area contributed by atoms with Gasteiger partial charge in [-0.1, -0.05) is 36.4 Å². The SMILES string of the molecule is CSc1ccc(/C=C/C(=O)NCc2cccc3cccnc23)cc1. The molecule has 0 atom stereocenters. The lowest BCUT2D eigenvalue weighted by Crippen LogP contribution is -2.20. The van der Waals surface area contributed by atoms with Gasteiger partial charge in [0.1, 0.15) is 0 Å². The lowest BCUT2D eigenvalue weighted by molar-refractivity contribution is -0.116. The molecule has 0 aliphatic carbocycles. The van der Waals surface area contributed by atoms with Crippen molar-refractivity contribution >= 4 is 34.6 Å². The Hall–Kier alpha value is -2.59. The molecule has 0 aliphatic rings. The minimum absolute atomic E-state index is 0.114. The molecule has 0 saturated carbocycles. The fourth-order valence-electron chi connectivity index (χ4n) is 2.44. The number of nitrogens with zero attached hydrogens (tertiary/aromatic N) is 1. The van der Waals surface area contributed by atoms with Gasteiger partial charge in [0, 0.05) is 29.1 Å². The number of hydrogen-bond donors (Lipinski definition) is 1. The van der Waals surface area contributed by atoms with E-state index in [1.807, 2.05) is 66.9 Å². The third kappa shape index (κ3) is 4.03. The molecular weight excluding hydrogens is 316 g/mol. The van der Waals surface area contributed by atoms with Crippen molar-refractivity contribution in [3.63, 3.8) is 0 Å². The molecule has 0 saturated heterocycles. The predicted molar refractivity (Wildman–Crippen MR) is 101 cm³/mol. The Morgan fingerprint density at radius 3 is 2.71 bits per heavy atom. The number of carbonyl (C=O) groups is 1. The summed E-state index contributed by atoms with van der Waals surface area (Å²) in [5, 5.41) is 3.99. The molecule has 0 unspecified atom stereocenters. The maximum absolute atomic E-state index is 12.0. The first kappa shape index (κ1) is 16.3. The van der Waals surface area contributed by atoms with Gasteiger partial charge in [-0.05, 0) is 41.7 Å². The summed E-state index contributed by atoms with van der Waals surface area (Å²) in [7, 11) is 0. The number of thioether (sulfide) groups is 1. The fourth-order valence-corrected chi connectivity index (χ4v) is 2.85. The van der Waals surface area contributed by atoms with Crippen LogP contribution >= 0.6 is 11.8 Å². The summed E-state index contributed by atoms with van der Waals surface area (Å²) in [6.45, 7) is 0.461. The van der Waals surface area contributed by atoms with Crippen LogP contribution in [-0.2, 0) is 11.3 Å². The molecule has 1 heterocycles. The molecule has 24 heavy (non-hydrogen) atoms. The summed E-state index contributed by atoms with van der Waals surface area (Å²) in [6, 6.07) is 18.0. The standard InChI is InChI=1S/C20H18N2OS/c1-24-18-10-7-15(8-11-18)9-12-19(23)22-14-17-5-2-4-16-6-3-13-21-20(16)17/h2-13H,14H2,1H3,(H,22,23)/b12-9+. The van der Waals surface area contributed by atoms with Crippen LogP contribution in [0.15, 0.2) is 71.8 Å². The van der Waals surface area contributed by atoms with Crippen molar-refractivity contribution in [1.82, 2.24) is 10.3 Å². The molecule has 3 aromatic rings. The third-order valence-corrected chi connectivity index (χ3v) is 4.46. The van der Waals surface area contributed by atoms with E-state index in [2.05, 4.69) is 10.3 Å². The number of amides is 1. The van der Waals surface area contributed by atoms with Gasteiger partial charge in [0.2, 0.25) is 5.91 Å². The highest BCUT2D eigenvalue weighted by Gasteiger charge is 2.03. The van der Waals surface area contributed by atoms with E-state index in [0.717, 1.165) is 22.0 Å². The van der Waals surface area contributed by atoms with Crippen molar-refractivity contribution < 1.29 is 4.79 Å². The first-order valence-electron chi connectivity index (χ1n) is 7.69. The van der Waals surface area contributed by atoms with E-state index in [1.54, 1.807) is 24.0 Å². The predicted octanol–water partition coefficient (Wildman–Crippen LogP) is 4.29. The smallest absolute Gasteiger partial charge is 0.244 e. The monoisotopic (exact) mass is 334 g/mol. The highest BCUT2D eigenvalue weighted by atomic mass is 32.2. The number of carbonyl (C=O) groups excluding carboxylic acids is 1. The Balaban J connectivity index is 1.63. The van der Waals surface area contributed by atoms with Crippen LogP contribution in [0.3, 0.4) is 0 Å². The minimum Gasteiger partial charge on any atom is -0.348 e. The average Bonchev–Trinajstić information content (AvgIpc) is 2.65. The highest BCUT2D eigenvalue weighted by molar-refractivity contribution is 7.98. The van der Waals surface area contributed by atoms with Gasteiger partial charge >= 0.3 is 0 Å². The van der Waals surface area contributed by atoms with Crippen LogP contribution < -0.4 is 5.32 Å². The fraction of sp³-hybridized carbons (Fsp3) is 0.100. The molecule has 1 aromatic heterocycles. The molecule has 2 aromatic carbocycles. The molecule has 0 radical (unpaired) electrons. The van der Waals surface area contributed by atoms with E-state index in [1.165, 1.54) is 4.90 Å². The zero-order valence-corrected chi connectivity index (χ0v) is 14.2. The summed E-state index contributed by atoms with van der Waals surface area (Å²) in [6.07, 6.45) is 7.19. The highest BCUT2D eigenvalue weighted by Crippen LogP contribution is 2.16. The zero-order chi connectivity index (χ0) is 16.8. The van der Waals surface area contributed by atoms with Gasteiger partial charge in [0.15, 0.2) is 0 Å². The lowest BCUT2D eigenvalue weighted by Gasteiger charge is -2.06. The van der Waals surface area contributed by atoms with Crippen LogP contribution in [0.4, 0.5) is 0 Å². The van der Waals surface area contributed by atoms with E-state index in [9.17, 15) is 4.79 Å². The molecule has 0 aliphatic heterocycles. The van der Waals surface area contributed by atoms with Crippen LogP contribution in [0, 0.1) is 0 Å². The maximum Gasteiger partial charge on any atom is 0.244 e. The second kappa shape index (κ2) is 7.79. The number of benzene rings is 2.